The molecule has 2 aromatic carbocycles. The molecule has 0 aliphatic rings. The van der Waals surface area contributed by atoms with E-state index in [4.69, 9.17) is 9.26 Å². The fourth-order valence-electron chi connectivity index (χ4n) is 2.66. The van der Waals surface area contributed by atoms with E-state index in [1.54, 1.807) is 7.11 Å². The van der Waals surface area contributed by atoms with Crippen molar-refractivity contribution in [2.45, 2.75) is 26.4 Å². The smallest absolute Gasteiger partial charge is 0.257 e. The lowest BCUT2D eigenvalue weighted by Crippen LogP contribution is -2.18. The third kappa shape index (κ3) is 4.45. The summed E-state index contributed by atoms with van der Waals surface area (Å²) in [5, 5.41) is 4.09. The molecule has 0 aliphatic heterocycles. The number of nitrogens with zero attached hydrogens (tertiary/aromatic N) is 3. The van der Waals surface area contributed by atoms with Crippen LogP contribution in [-0.2, 0) is 19.5 Å². The van der Waals surface area contributed by atoms with Crippen molar-refractivity contribution in [1.82, 2.24) is 15.0 Å². The highest BCUT2D eigenvalue weighted by molar-refractivity contribution is 5.54. The number of rotatable bonds is 7. The summed E-state index contributed by atoms with van der Waals surface area (Å²) in [6.07, 6.45) is 1.06. The molecule has 0 bridgehead atoms. The van der Waals surface area contributed by atoms with E-state index in [0.717, 1.165) is 24.3 Å². The maximum Gasteiger partial charge on any atom is 0.257 e. The molecule has 0 fully saturated rings. The zero-order chi connectivity index (χ0) is 17.6. The Balaban J connectivity index is 1.61. The summed E-state index contributed by atoms with van der Waals surface area (Å²) in [4.78, 5) is 6.65. The SMILES string of the molecule is CCc1ccc(CN(C)Cc2noc(-c3ccc(OC)cc3)n2)cc1. The monoisotopic (exact) mass is 337 g/mol. The number of hydrogen-bond donors (Lipinski definition) is 0. The van der Waals surface area contributed by atoms with E-state index in [1.807, 2.05) is 24.3 Å². The molecule has 1 aromatic heterocycles. The van der Waals surface area contributed by atoms with E-state index in [9.17, 15) is 0 Å². The molecule has 0 radical (unpaired) electrons. The van der Waals surface area contributed by atoms with Gasteiger partial charge in [-0.3, -0.25) is 4.90 Å². The van der Waals surface area contributed by atoms with E-state index >= 15 is 0 Å². The van der Waals surface area contributed by atoms with E-state index in [1.165, 1.54) is 11.1 Å². The average molecular weight is 337 g/mol. The van der Waals surface area contributed by atoms with Gasteiger partial charge in [0.2, 0.25) is 0 Å². The van der Waals surface area contributed by atoms with Crippen LogP contribution in [0.4, 0.5) is 0 Å². The van der Waals surface area contributed by atoms with Crippen molar-refractivity contribution in [3.8, 4) is 17.2 Å². The number of hydrogen-bond acceptors (Lipinski definition) is 5. The largest absolute Gasteiger partial charge is 0.497 e. The molecule has 5 heteroatoms. The molecule has 0 saturated carbocycles. The molecule has 3 rings (SSSR count). The molecular formula is C20H23N3O2. The van der Waals surface area contributed by atoms with E-state index in [2.05, 4.69) is 53.3 Å². The number of aryl methyl sites for hydroxylation is 1. The molecule has 0 spiro atoms. The lowest BCUT2D eigenvalue weighted by molar-refractivity contribution is 0.302. The summed E-state index contributed by atoms with van der Waals surface area (Å²) >= 11 is 0. The maximum absolute atomic E-state index is 5.38. The van der Waals surface area contributed by atoms with Crippen molar-refractivity contribution >= 4 is 0 Å². The van der Waals surface area contributed by atoms with Gasteiger partial charge in [0.25, 0.3) is 5.89 Å². The Morgan fingerprint density at radius 2 is 1.64 bits per heavy atom. The fourth-order valence-corrected chi connectivity index (χ4v) is 2.66. The van der Waals surface area contributed by atoms with Gasteiger partial charge in [-0.25, -0.2) is 0 Å². The van der Waals surface area contributed by atoms with Gasteiger partial charge in [0, 0.05) is 12.1 Å². The highest BCUT2D eigenvalue weighted by Gasteiger charge is 2.11. The number of ether oxygens (including phenoxy) is 1. The van der Waals surface area contributed by atoms with Gasteiger partial charge in [-0.1, -0.05) is 36.3 Å². The zero-order valence-electron chi connectivity index (χ0n) is 14.9. The van der Waals surface area contributed by atoms with Gasteiger partial charge in [0.1, 0.15) is 5.75 Å². The predicted molar refractivity (Wildman–Crippen MR) is 97.3 cm³/mol. The van der Waals surface area contributed by atoms with Crippen LogP contribution in [0, 0.1) is 0 Å². The average Bonchev–Trinajstić information content (AvgIpc) is 3.10. The molecule has 3 aromatic rings. The van der Waals surface area contributed by atoms with Gasteiger partial charge in [0.05, 0.1) is 13.7 Å². The molecule has 25 heavy (non-hydrogen) atoms. The van der Waals surface area contributed by atoms with Gasteiger partial charge < -0.3 is 9.26 Å². The molecular weight excluding hydrogens is 314 g/mol. The second-order valence-electron chi connectivity index (χ2n) is 6.09. The maximum atomic E-state index is 5.38. The minimum Gasteiger partial charge on any atom is -0.497 e. The fraction of sp³-hybridized carbons (Fsp3) is 0.300. The van der Waals surface area contributed by atoms with Crippen LogP contribution in [0.1, 0.15) is 23.9 Å². The van der Waals surface area contributed by atoms with Crippen LogP contribution in [-0.4, -0.2) is 29.2 Å². The summed E-state index contributed by atoms with van der Waals surface area (Å²) in [5.41, 5.74) is 3.52. The Morgan fingerprint density at radius 3 is 2.28 bits per heavy atom. The molecule has 0 atom stereocenters. The summed E-state index contributed by atoms with van der Waals surface area (Å²) in [7, 11) is 3.70. The Morgan fingerprint density at radius 1 is 0.960 bits per heavy atom. The number of aromatic nitrogens is 2. The van der Waals surface area contributed by atoms with Crippen molar-refractivity contribution in [3.05, 3.63) is 65.5 Å². The van der Waals surface area contributed by atoms with Gasteiger partial charge in [0.15, 0.2) is 5.82 Å². The minimum atomic E-state index is 0.526. The molecule has 0 amide bonds. The quantitative estimate of drug-likeness (QED) is 0.653. The number of benzene rings is 2. The van der Waals surface area contributed by atoms with Crippen LogP contribution >= 0.6 is 0 Å². The van der Waals surface area contributed by atoms with Crippen LogP contribution in [0.2, 0.25) is 0 Å². The predicted octanol–water partition coefficient (Wildman–Crippen LogP) is 3.94. The van der Waals surface area contributed by atoms with Gasteiger partial charge in [-0.2, -0.15) is 4.98 Å². The third-order valence-corrected chi connectivity index (χ3v) is 4.10. The van der Waals surface area contributed by atoms with Crippen molar-refractivity contribution in [2.75, 3.05) is 14.2 Å². The Kier molecular flexibility index (Phi) is 5.46. The van der Waals surface area contributed by atoms with E-state index in [0.29, 0.717) is 18.3 Å². The highest BCUT2D eigenvalue weighted by Crippen LogP contribution is 2.21. The zero-order valence-corrected chi connectivity index (χ0v) is 14.9. The minimum absolute atomic E-state index is 0.526. The second-order valence-corrected chi connectivity index (χ2v) is 6.09. The molecule has 5 nitrogen and oxygen atoms in total. The third-order valence-electron chi connectivity index (χ3n) is 4.10. The van der Waals surface area contributed by atoms with Crippen molar-refractivity contribution < 1.29 is 9.26 Å². The van der Waals surface area contributed by atoms with Crippen LogP contribution in [0.25, 0.3) is 11.5 Å². The normalized spacial score (nSPS) is 11.0. The van der Waals surface area contributed by atoms with Crippen LogP contribution in [0.5, 0.6) is 5.75 Å². The van der Waals surface area contributed by atoms with Gasteiger partial charge in [-0.05, 0) is 48.9 Å². The first-order valence-electron chi connectivity index (χ1n) is 8.41. The van der Waals surface area contributed by atoms with Gasteiger partial charge in [-0.15, -0.1) is 0 Å². The van der Waals surface area contributed by atoms with E-state index in [-0.39, 0.29) is 0 Å². The summed E-state index contributed by atoms with van der Waals surface area (Å²) in [5.74, 6) is 2.01. The van der Waals surface area contributed by atoms with Crippen molar-refractivity contribution in [1.29, 1.82) is 0 Å². The molecule has 0 N–H and O–H groups in total. The molecule has 0 saturated heterocycles. The topological polar surface area (TPSA) is 51.4 Å². The molecule has 1 heterocycles. The first kappa shape index (κ1) is 17.2. The molecule has 0 unspecified atom stereocenters. The summed E-state index contributed by atoms with van der Waals surface area (Å²) in [6, 6.07) is 16.3. The Hall–Kier alpha value is -2.66. The van der Waals surface area contributed by atoms with Crippen LogP contribution in [0.3, 0.4) is 0 Å². The molecule has 0 aliphatic carbocycles. The molecule has 130 valence electrons. The van der Waals surface area contributed by atoms with Crippen molar-refractivity contribution in [2.24, 2.45) is 0 Å². The van der Waals surface area contributed by atoms with Gasteiger partial charge >= 0.3 is 0 Å². The lowest BCUT2D eigenvalue weighted by atomic mass is 10.1. The lowest BCUT2D eigenvalue weighted by Gasteiger charge is -2.14. The highest BCUT2D eigenvalue weighted by atomic mass is 16.5. The second kappa shape index (κ2) is 7.94. The van der Waals surface area contributed by atoms with E-state index < -0.39 is 0 Å². The first-order chi connectivity index (χ1) is 12.2. The first-order valence-corrected chi connectivity index (χ1v) is 8.41. The Bertz CT molecular complexity index is 795. The summed E-state index contributed by atoms with van der Waals surface area (Å²) < 4.78 is 10.5. The Labute approximate surface area is 148 Å². The van der Waals surface area contributed by atoms with Crippen LogP contribution in [0.15, 0.2) is 53.1 Å². The number of methoxy groups -OCH3 is 1. The summed E-state index contributed by atoms with van der Waals surface area (Å²) in [6.45, 7) is 3.64. The van der Waals surface area contributed by atoms with Crippen molar-refractivity contribution in [3.63, 3.8) is 0 Å². The van der Waals surface area contributed by atoms with Crippen LogP contribution < -0.4 is 4.74 Å². The standard InChI is InChI=1S/C20H23N3O2/c1-4-15-5-7-16(8-6-15)13-23(2)14-19-21-20(25-22-19)17-9-11-18(24-3)12-10-17/h5-12H,4,13-14H2,1-3H3.